The molecule has 4 rings (SSSR count). The number of ether oxygens (including phenoxy) is 1. The number of rotatable bonds is 4. The molecule has 0 bridgehead atoms. The topological polar surface area (TPSA) is 32.8 Å². The van der Waals surface area contributed by atoms with Crippen molar-refractivity contribution in [3.8, 4) is 0 Å². The summed E-state index contributed by atoms with van der Waals surface area (Å²) in [5.74, 6) is 0.231. The van der Waals surface area contributed by atoms with Crippen molar-refractivity contribution in [1.82, 2.24) is 9.80 Å². The summed E-state index contributed by atoms with van der Waals surface area (Å²) in [6, 6.07) is 8.85. The molecule has 2 aliphatic heterocycles. The lowest BCUT2D eigenvalue weighted by molar-refractivity contribution is -0.136. The maximum absolute atomic E-state index is 13.0. The predicted molar refractivity (Wildman–Crippen MR) is 111 cm³/mol. The van der Waals surface area contributed by atoms with Crippen LogP contribution < -0.4 is 0 Å². The standard InChI is InChI=1S/C22H31BrN2O2/c1-24(21(26)15-17-5-7-18(23)8-6-17)19-9-11-22(10-4-14-27-22)16-20(19)25-12-2-3-13-25/h5-8,19-20H,2-4,9-16H2,1H3/t19-,20-,22-/m0/s1. The number of amides is 1. The summed E-state index contributed by atoms with van der Waals surface area (Å²) in [6.07, 6.45) is 8.68. The van der Waals surface area contributed by atoms with E-state index in [9.17, 15) is 4.79 Å². The minimum absolute atomic E-state index is 0.0827. The van der Waals surface area contributed by atoms with Crippen molar-refractivity contribution in [2.45, 2.75) is 69.1 Å². The van der Waals surface area contributed by atoms with Gasteiger partial charge in [0.25, 0.3) is 0 Å². The van der Waals surface area contributed by atoms with Gasteiger partial charge in [-0.2, -0.15) is 0 Å². The molecule has 0 N–H and O–H groups in total. The Morgan fingerprint density at radius 1 is 1.22 bits per heavy atom. The van der Waals surface area contributed by atoms with Crippen LogP contribution in [-0.4, -0.2) is 60.1 Å². The van der Waals surface area contributed by atoms with Crippen LogP contribution in [0.25, 0.3) is 0 Å². The number of halogens is 1. The van der Waals surface area contributed by atoms with Crippen molar-refractivity contribution >= 4 is 21.8 Å². The Balaban J connectivity index is 1.47. The summed E-state index contributed by atoms with van der Waals surface area (Å²) in [5, 5.41) is 0. The zero-order valence-electron chi connectivity index (χ0n) is 16.3. The van der Waals surface area contributed by atoms with Crippen LogP contribution in [0.4, 0.5) is 0 Å². The van der Waals surface area contributed by atoms with Crippen molar-refractivity contribution in [3.05, 3.63) is 34.3 Å². The van der Waals surface area contributed by atoms with Gasteiger partial charge in [0.05, 0.1) is 12.0 Å². The molecule has 5 heteroatoms. The molecule has 1 amide bonds. The van der Waals surface area contributed by atoms with Crippen molar-refractivity contribution < 1.29 is 9.53 Å². The zero-order valence-corrected chi connectivity index (χ0v) is 17.9. The van der Waals surface area contributed by atoms with Crippen LogP contribution in [-0.2, 0) is 16.0 Å². The van der Waals surface area contributed by atoms with E-state index in [1.807, 2.05) is 36.2 Å². The molecule has 3 aliphatic rings. The van der Waals surface area contributed by atoms with E-state index in [2.05, 4.69) is 20.8 Å². The van der Waals surface area contributed by atoms with Gasteiger partial charge in [-0.3, -0.25) is 9.69 Å². The van der Waals surface area contributed by atoms with E-state index in [1.54, 1.807) is 0 Å². The molecule has 2 heterocycles. The van der Waals surface area contributed by atoms with Crippen molar-refractivity contribution in [2.24, 2.45) is 0 Å². The first-order valence-corrected chi connectivity index (χ1v) is 11.2. The van der Waals surface area contributed by atoms with Gasteiger partial charge in [-0.25, -0.2) is 0 Å². The lowest BCUT2D eigenvalue weighted by Crippen LogP contribution is -2.58. The van der Waals surface area contributed by atoms with Crippen molar-refractivity contribution in [1.29, 1.82) is 0 Å². The van der Waals surface area contributed by atoms with Crippen LogP contribution in [0.1, 0.15) is 50.5 Å². The number of carbonyl (C=O) groups is 1. The smallest absolute Gasteiger partial charge is 0.227 e. The summed E-state index contributed by atoms with van der Waals surface area (Å²) >= 11 is 3.47. The van der Waals surface area contributed by atoms with Crippen molar-refractivity contribution in [3.63, 3.8) is 0 Å². The van der Waals surface area contributed by atoms with Gasteiger partial charge in [-0.1, -0.05) is 28.1 Å². The first-order chi connectivity index (χ1) is 13.1. The van der Waals surface area contributed by atoms with Gasteiger partial charge in [-0.05, 0) is 75.7 Å². The van der Waals surface area contributed by atoms with Crippen LogP contribution in [0.2, 0.25) is 0 Å². The molecule has 1 spiro atoms. The second-order valence-electron chi connectivity index (χ2n) is 8.56. The Kier molecular flexibility index (Phi) is 5.91. The van der Waals surface area contributed by atoms with Gasteiger partial charge in [-0.15, -0.1) is 0 Å². The molecule has 0 unspecified atom stereocenters. The minimum atomic E-state index is 0.0827. The summed E-state index contributed by atoms with van der Waals surface area (Å²) in [4.78, 5) is 17.7. The summed E-state index contributed by atoms with van der Waals surface area (Å²) < 4.78 is 7.28. The number of hydrogen-bond acceptors (Lipinski definition) is 3. The molecule has 27 heavy (non-hydrogen) atoms. The summed E-state index contributed by atoms with van der Waals surface area (Å²) in [5.41, 5.74) is 1.17. The molecule has 1 saturated carbocycles. The number of benzene rings is 1. The molecule has 1 aromatic rings. The van der Waals surface area contributed by atoms with Crippen molar-refractivity contribution in [2.75, 3.05) is 26.7 Å². The molecule has 3 atom stereocenters. The molecule has 1 aliphatic carbocycles. The van der Waals surface area contributed by atoms with E-state index in [4.69, 9.17) is 4.74 Å². The Hall–Kier alpha value is -0.910. The fourth-order valence-electron chi connectivity index (χ4n) is 5.32. The second-order valence-corrected chi connectivity index (χ2v) is 9.48. The zero-order chi connectivity index (χ0) is 18.9. The fourth-order valence-corrected chi connectivity index (χ4v) is 5.58. The molecule has 2 saturated heterocycles. The first-order valence-electron chi connectivity index (χ1n) is 10.4. The lowest BCUT2D eigenvalue weighted by Gasteiger charge is -2.48. The Morgan fingerprint density at radius 2 is 1.96 bits per heavy atom. The van der Waals surface area contributed by atoms with Gasteiger partial charge < -0.3 is 9.64 Å². The average Bonchev–Trinajstić information content (AvgIpc) is 3.35. The van der Waals surface area contributed by atoms with Gasteiger partial charge in [0.2, 0.25) is 5.91 Å². The number of likely N-dealkylation sites (tertiary alicyclic amines) is 1. The van der Waals surface area contributed by atoms with Crippen LogP contribution >= 0.6 is 15.9 Å². The highest BCUT2D eigenvalue weighted by Crippen LogP contribution is 2.43. The SMILES string of the molecule is CN(C(=O)Cc1ccc(Br)cc1)[C@H]1CC[C@@]2(CCCO2)C[C@@H]1N1CCCC1. The highest BCUT2D eigenvalue weighted by atomic mass is 79.9. The normalized spacial score (nSPS) is 31.5. The highest BCUT2D eigenvalue weighted by Gasteiger charge is 2.47. The molecule has 4 nitrogen and oxygen atoms in total. The van der Waals surface area contributed by atoms with Crippen LogP contribution in [0.5, 0.6) is 0 Å². The molecule has 1 aromatic carbocycles. The average molecular weight is 435 g/mol. The number of hydrogen-bond donors (Lipinski definition) is 0. The quantitative estimate of drug-likeness (QED) is 0.717. The largest absolute Gasteiger partial charge is 0.375 e. The van der Waals surface area contributed by atoms with Gasteiger partial charge in [0.1, 0.15) is 0 Å². The monoisotopic (exact) mass is 434 g/mol. The molecular formula is C22H31BrN2O2. The van der Waals surface area contributed by atoms with E-state index < -0.39 is 0 Å². The molecule has 148 valence electrons. The van der Waals surface area contributed by atoms with E-state index in [1.165, 1.54) is 38.8 Å². The van der Waals surface area contributed by atoms with Gasteiger partial charge >= 0.3 is 0 Å². The van der Waals surface area contributed by atoms with E-state index in [0.717, 1.165) is 35.9 Å². The third-order valence-electron chi connectivity index (χ3n) is 6.88. The molecule has 0 radical (unpaired) electrons. The number of carbonyl (C=O) groups excluding carboxylic acids is 1. The summed E-state index contributed by atoms with van der Waals surface area (Å²) in [6.45, 7) is 3.26. The number of likely N-dealkylation sites (N-methyl/N-ethyl adjacent to an activating group) is 1. The summed E-state index contributed by atoms with van der Waals surface area (Å²) in [7, 11) is 2.02. The Bertz CT molecular complexity index is 651. The van der Waals surface area contributed by atoms with Gasteiger partial charge in [0, 0.05) is 30.2 Å². The highest BCUT2D eigenvalue weighted by molar-refractivity contribution is 9.10. The van der Waals surface area contributed by atoms with E-state index >= 15 is 0 Å². The first kappa shape index (κ1) is 19.4. The van der Waals surface area contributed by atoms with E-state index in [0.29, 0.717) is 18.5 Å². The maximum Gasteiger partial charge on any atom is 0.227 e. The third-order valence-corrected chi connectivity index (χ3v) is 7.40. The van der Waals surface area contributed by atoms with Crippen LogP contribution in [0.3, 0.4) is 0 Å². The predicted octanol–water partition coefficient (Wildman–Crippen LogP) is 4.02. The number of nitrogens with zero attached hydrogens (tertiary/aromatic N) is 2. The lowest BCUT2D eigenvalue weighted by atomic mass is 9.76. The molecule has 3 fully saturated rings. The van der Waals surface area contributed by atoms with E-state index in [-0.39, 0.29) is 11.5 Å². The van der Waals surface area contributed by atoms with Crippen LogP contribution in [0, 0.1) is 0 Å². The Labute approximate surface area is 171 Å². The van der Waals surface area contributed by atoms with Gasteiger partial charge in [0.15, 0.2) is 0 Å². The molecular weight excluding hydrogens is 404 g/mol. The van der Waals surface area contributed by atoms with Crippen LogP contribution in [0.15, 0.2) is 28.7 Å². The third kappa shape index (κ3) is 4.25. The Morgan fingerprint density at radius 3 is 2.63 bits per heavy atom. The molecule has 0 aromatic heterocycles. The second kappa shape index (κ2) is 8.22. The fraction of sp³-hybridized carbons (Fsp3) is 0.682. The maximum atomic E-state index is 13.0. The minimum Gasteiger partial charge on any atom is -0.375 e.